The van der Waals surface area contributed by atoms with Crippen LogP contribution in [-0.4, -0.2) is 37.4 Å². The lowest BCUT2D eigenvalue weighted by molar-refractivity contribution is 0.191. The predicted octanol–water partition coefficient (Wildman–Crippen LogP) is 2.04. The third-order valence-electron chi connectivity index (χ3n) is 4.47. The molecule has 20 heavy (non-hydrogen) atoms. The molecule has 1 atom stereocenters. The molecule has 110 valence electrons. The molecule has 0 aromatic carbocycles. The summed E-state index contributed by atoms with van der Waals surface area (Å²) >= 11 is 0. The third kappa shape index (κ3) is 2.31. The number of methoxy groups -OCH3 is 1. The average Bonchev–Trinajstić information content (AvgIpc) is 2.86. The largest absolute Gasteiger partial charge is 0.481 e. The van der Waals surface area contributed by atoms with Crippen molar-refractivity contribution >= 4 is 10.0 Å². The number of hydrogen-bond acceptors (Lipinski definition) is 4. The van der Waals surface area contributed by atoms with E-state index in [1.165, 1.54) is 19.7 Å². The maximum atomic E-state index is 12.7. The van der Waals surface area contributed by atoms with Crippen molar-refractivity contribution in [1.82, 2.24) is 9.29 Å². The van der Waals surface area contributed by atoms with Gasteiger partial charge in [0.25, 0.3) is 0 Å². The first-order valence-corrected chi connectivity index (χ1v) is 8.59. The van der Waals surface area contributed by atoms with Gasteiger partial charge in [0.05, 0.1) is 13.3 Å². The second-order valence-corrected chi connectivity index (χ2v) is 7.44. The van der Waals surface area contributed by atoms with E-state index in [-0.39, 0.29) is 10.9 Å². The fourth-order valence-corrected chi connectivity index (χ4v) is 4.84. The van der Waals surface area contributed by atoms with Gasteiger partial charge in [0, 0.05) is 18.7 Å². The Labute approximate surface area is 120 Å². The summed E-state index contributed by atoms with van der Waals surface area (Å²) in [6.45, 7) is 0.634. The molecular weight excluding hydrogens is 276 g/mol. The summed E-state index contributed by atoms with van der Waals surface area (Å²) < 4.78 is 32.1. The van der Waals surface area contributed by atoms with Crippen molar-refractivity contribution in [2.45, 2.75) is 43.0 Å². The Kier molecular flexibility index (Phi) is 3.69. The van der Waals surface area contributed by atoms with Gasteiger partial charge < -0.3 is 4.74 Å². The fourth-order valence-electron chi connectivity index (χ4n) is 3.14. The van der Waals surface area contributed by atoms with E-state index in [0.29, 0.717) is 18.3 Å². The third-order valence-corrected chi connectivity index (χ3v) is 6.38. The van der Waals surface area contributed by atoms with E-state index in [2.05, 4.69) is 4.98 Å². The SMILES string of the molecule is COc1ccc(S(=O)(=O)N2CCCC2C2CCC2)cn1. The number of aromatic nitrogens is 1. The molecule has 1 unspecified atom stereocenters. The van der Waals surface area contributed by atoms with E-state index >= 15 is 0 Å². The summed E-state index contributed by atoms with van der Waals surface area (Å²) in [6.07, 6.45) is 6.91. The highest BCUT2D eigenvalue weighted by Gasteiger charge is 2.41. The van der Waals surface area contributed by atoms with Gasteiger partial charge in [-0.3, -0.25) is 0 Å². The van der Waals surface area contributed by atoms with Crippen molar-refractivity contribution < 1.29 is 13.2 Å². The Hall–Kier alpha value is -1.14. The summed E-state index contributed by atoms with van der Waals surface area (Å²) in [6, 6.07) is 3.37. The molecule has 0 N–H and O–H groups in total. The van der Waals surface area contributed by atoms with Crippen LogP contribution in [0.2, 0.25) is 0 Å². The Balaban J connectivity index is 1.85. The Morgan fingerprint density at radius 1 is 1.25 bits per heavy atom. The number of ether oxygens (including phenoxy) is 1. The van der Waals surface area contributed by atoms with E-state index in [1.807, 2.05) is 0 Å². The molecule has 3 rings (SSSR count). The van der Waals surface area contributed by atoms with Crippen LogP contribution in [0.25, 0.3) is 0 Å². The van der Waals surface area contributed by atoms with Gasteiger partial charge >= 0.3 is 0 Å². The average molecular weight is 296 g/mol. The van der Waals surface area contributed by atoms with Crippen LogP contribution in [-0.2, 0) is 10.0 Å². The minimum atomic E-state index is -3.42. The molecule has 0 amide bonds. The highest BCUT2D eigenvalue weighted by atomic mass is 32.2. The van der Waals surface area contributed by atoms with Crippen LogP contribution in [0.15, 0.2) is 23.2 Å². The van der Waals surface area contributed by atoms with Crippen LogP contribution in [0.5, 0.6) is 5.88 Å². The monoisotopic (exact) mass is 296 g/mol. The van der Waals surface area contributed by atoms with Crippen molar-refractivity contribution in [2.24, 2.45) is 5.92 Å². The summed E-state index contributed by atoms with van der Waals surface area (Å²) in [5.74, 6) is 0.986. The van der Waals surface area contributed by atoms with Crippen LogP contribution < -0.4 is 4.74 Å². The molecule has 1 aliphatic carbocycles. The Morgan fingerprint density at radius 2 is 2.05 bits per heavy atom. The molecule has 2 fully saturated rings. The molecule has 2 heterocycles. The van der Waals surface area contributed by atoms with Crippen molar-refractivity contribution in [3.63, 3.8) is 0 Å². The molecule has 1 saturated heterocycles. The standard InChI is InChI=1S/C14H20N2O3S/c1-19-14-8-7-12(10-15-14)20(17,18)16-9-3-6-13(16)11-4-2-5-11/h7-8,10-11,13H,2-6,9H2,1H3. The normalized spacial score (nSPS) is 24.6. The second kappa shape index (κ2) is 5.33. The van der Waals surface area contributed by atoms with Gasteiger partial charge in [0.2, 0.25) is 15.9 Å². The van der Waals surface area contributed by atoms with E-state index < -0.39 is 10.0 Å². The van der Waals surface area contributed by atoms with Gasteiger partial charge in [-0.15, -0.1) is 0 Å². The molecule has 1 aromatic heterocycles. The Morgan fingerprint density at radius 3 is 2.60 bits per heavy atom. The number of pyridine rings is 1. The quantitative estimate of drug-likeness (QED) is 0.853. The van der Waals surface area contributed by atoms with E-state index in [4.69, 9.17) is 4.74 Å². The first-order valence-electron chi connectivity index (χ1n) is 7.15. The van der Waals surface area contributed by atoms with Crippen LogP contribution >= 0.6 is 0 Å². The van der Waals surface area contributed by atoms with Crippen molar-refractivity contribution in [2.75, 3.05) is 13.7 Å². The maximum Gasteiger partial charge on any atom is 0.244 e. The van der Waals surface area contributed by atoms with E-state index in [1.54, 1.807) is 16.4 Å². The molecule has 0 bridgehead atoms. The summed E-state index contributed by atoms with van der Waals surface area (Å²) in [4.78, 5) is 4.28. The van der Waals surface area contributed by atoms with Gasteiger partial charge in [0.1, 0.15) is 4.90 Å². The number of hydrogen-bond donors (Lipinski definition) is 0. The van der Waals surface area contributed by atoms with Gasteiger partial charge in [-0.05, 0) is 37.7 Å². The van der Waals surface area contributed by atoms with Crippen LogP contribution in [0, 0.1) is 5.92 Å². The zero-order chi connectivity index (χ0) is 14.2. The zero-order valence-corrected chi connectivity index (χ0v) is 12.5. The smallest absolute Gasteiger partial charge is 0.244 e. The maximum absolute atomic E-state index is 12.7. The van der Waals surface area contributed by atoms with Gasteiger partial charge in [0.15, 0.2) is 0 Å². The number of nitrogens with zero attached hydrogens (tertiary/aromatic N) is 2. The highest BCUT2D eigenvalue weighted by Crippen LogP contribution is 2.39. The van der Waals surface area contributed by atoms with Crippen LogP contribution in [0.3, 0.4) is 0 Å². The molecular formula is C14H20N2O3S. The number of rotatable bonds is 4. The van der Waals surface area contributed by atoms with E-state index in [9.17, 15) is 8.42 Å². The molecule has 0 spiro atoms. The lowest BCUT2D eigenvalue weighted by atomic mass is 9.79. The molecule has 1 aliphatic heterocycles. The molecule has 1 saturated carbocycles. The van der Waals surface area contributed by atoms with Gasteiger partial charge in [-0.1, -0.05) is 6.42 Å². The van der Waals surface area contributed by atoms with E-state index in [0.717, 1.165) is 25.7 Å². The van der Waals surface area contributed by atoms with Crippen molar-refractivity contribution in [1.29, 1.82) is 0 Å². The lowest BCUT2D eigenvalue weighted by Crippen LogP contribution is -2.42. The Bertz CT molecular complexity index is 567. The topological polar surface area (TPSA) is 59.5 Å². The molecule has 6 heteroatoms. The van der Waals surface area contributed by atoms with Crippen LogP contribution in [0.4, 0.5) is 0 Å². The first kappa shape index (κ1) is 13.8. The molecule has 0 radical (unpaired) electrons. The van der Waals surface area contributed by atoms with Gasteiger partial charge in [-0.2, -0.15) is 4.31 Å². The second-order valence-electron chi connectivity index (χ2n) is 5.55. The van der Waals surface area contributed by atoms with Gasteiger partial charge in [-0.25, -0.2) is 13.4 Å². The number of sulfonamides is 1. The highest BCUT2D eigenvalue weighted by molar-refractivity contribution is 7.89. The summed E-state index contributed by atoms with van der Waals surface area (Å²) in [7, 11) is -1.90. The minimum Gasteiger partial charge on any atom is -0.481 e. The van der Waals surface area contributed by atoms with Crippen molar-refractivity contribution in [3.8, 4) is 5.88 Å². The lowest BCUT2D eigenvalue weighted by Gasteiger charge is -2.36. The molecule has 2 aliphatic rings. The van der Waals surface area contributed by atoms with Crippen molar-refractivity contribution in [3.05, 3.63) is 18.3 Å². The summed E-state index contributed by atoms with van der Waals surface area (Å²) in [5, 5.41) is 0. The zero-order valence-electron chi connectivity index (χ0n) is 11.7. The fraction of sp³-hybridized carbons (Fsp3) is 0.643. The summed E-state index contributed by atoms with van der Waals surface area (Å²) in [5.41, 5.74) is 0. The molecule has 5 nitrogen and oxygen atoms in total. The minimum absolute atomic E-state index is 0.191. The van der Waals surface area contributed by atoms with Crippen LogP contribution in [0.1, 0.15) is 32.1 Å². The predicted molar refractivity (Wildman–Crippen MR) is 75.0 cm³/mol. The first-order chi connectivity index (χ1) is 9.63. The molecule has 1 aromatic rings.